The summed E-state index contributed by atoms with van der Waals surface area (Å²) in [5.74, 6) is 18.7. The summed E-state index contributed by atoms with van der Waals surface area (Å²) >= 11 is 0. The zero-order valence-electron chi connectivity index (χ0n) is 92.1. The fourth-order valence-corrected chi connectivity index (χ4v) is 43.6. The van der Waals surface area contributed by atoms with Gasteiger partial charge < -0.3 is 55.8 Å². The summed E-state index contributed by atoms with van der Waals surface area (Å²) in [5.41, 5.74) is 9.53. The Bertz CT molecular complexity index is 4230. The van der Waals surface area contributed by atoms with Crippen molar-refractivity contribution in [3.8, 4) is 0 Å². The third kappa shape index (κ3) is 17.9. The molecule has 0 heterocycles. The van der Waals surface area contributed by atoms with Gasteiger partial charge in [-0.2, -0.15) is 0 Å². The molecular weight excluding hydrogens is 1690 g/mol. The average molecular weight is 1900 g/mol. The largest absolute Gasteiger partial charge is 0.393 e. The van der Waals surface area contributed by atoms with Crippen LogP contribution in [-0.4, -0.2) is 125 Å². The van der Waals surface area contributed by atoms with Crippen molar-refractivity contribution >= 4 is 0 Å². The first-order chi connectivity index (χ1) is 64.6. The Morgan fingerprint density at radius 1 is 0.336 bits per heavy atom. The molecule has 0 amide bonds. The topological polar surface area (TPSA) is 212 Å². The van der Waals surface area contributed by atoms with Gasteiger partial charge in [-0.1, -0.05) is 211 Å². The molecule has 17 fully saturated rings. The van der Waals surface area contributed by atoms with Crippen molar-refractivity contribution in [2.75, 3.05) is 7.11 Å². The lowest BCUT2D eigenvalue weighted by Gasteiger charge is -2.61. The fourth-order valence-electron chi connectivity index (χ4n) is 43.6. The maximum Gasteiger partial charge on any atom is 0.0742 e. The maximum absolute atomic E-state index is 11.3. The Morgan fingerprint density at radius 2 is 0.650 bits per heavy atom. The average Bonchev–Trinajstić information content (AvgIpc) is 1.46. The molecule has 0 saturated heterocycles. The molecule has 782 valence electrons. The van der Waals surface area contributed by atoms with Gasteiger partial charge in [0.05, 0.1) is 66.6 Å². The second-order valence-corrected chi connectivity index (χ2v) is 57.7. The summed E-state index contributed by atoms with van der Waals surface area (Å²) in [7, 11) is 1.90. The Hall–Kier alpha value is -1.48. The molecule has 1 spiro atoms. The highest BCUT2D eigenvalue weighted by Crippen LogP contribution is 2.85. The second-order valence-electron chi connectivity index (χ2n) is 57.7. The molecule has 0 radical (unpaired) electrons. The van der Waals surface area contributed by atoms with Gasteiger partial charge in [-0.15, -0.1) is 0 Å². The molecular formula is C126H212O11. The van der Waals surface area contributed by atoms with Crippen LogP contribution < -0.4 is 0 Å². The van der Waals surface area contributed by atoms with Crippen molar-refractivity contribution in [3.63, 3.8) is 0 Å². The summed E-state index contributed by atoms with van der Waals surface area (Å²) in [6.45, 7) is 52.2. The maximum atomic E-state index is 11.3. The van der Waals surface area contributed by atoms with Gasteiger partial charge >= 0.3 is 0 Å². The molecule has 11 nitrogen and oxygen atoms in total. The number of aliphatic hydroxyl groups is 10. The first-order valence-corrected chi connectivity index (χ1v) is 59.8. The Kier molecular flexibility index (Phi) is 31.3. The van der Waals surface area contributed by atoms with Crippen LogP contribution in [0.2, 0.25) is 0 Å². The SMILES string of the molecule is CC(C)[C@H](O)[C@@H](C)C1CCC2C3CC=C4C[C@@H](O)CC[C@]4(C)C3CC[C@@]21C.CCC[C@H](O)[C@@H](C)C1CCC2C3CC=C4C[C@@H](O)CC[C@]4(C)C3CC[C@@]21C.CC[C@H](O)[C@@H](C)C1CCC2C3CC=C4C[C@@H](O)CC[C@]4(C)C3CC[C@@]21C.CO[C@@H]1CC2C3CCC([C@H](C)[C@@H](O)CCCC(C)C)[C@@]3(C)CCC2[C@@]2(C)CC[C@@]3(O)CC132.C[C@H](O)[C@@H](C)C1CCC2C3CC=C4C[C@@H](O)CC[C@]4(C)C3CC[C@@]21C. The first-order valence-electron chi connectivity index (χ1n) is 59.8. The van der Waals surface area contributed by atoms with Crippen LogP contribution in [0.3, 0.4) is 0 Å². The van der Waals surface area contributed by atoms with E-state index in [0.29, 0.717) is 114 Å². The molecule has 0 aromatic heterocycles. The third-order valence-corrected chi connectivity index (χ3v) is 51.9. The van der Waals surface area contributed by atoms with E-state index in [4.69, 9.17) is 4.74 Å². The predicted octanol–water partition coefficient (Wildman–Crippen LogP) is 27.8. The lowest BCUT2D eigenvalue weighted by molar-refractivity contribution is -0.170. The monoisotopic (exact) mass is 1900 g/mol. The number of hydrogen-bond donors (Lipinski definition) is 10. The molecule has 21 aliphatic rings. The zero-order valence-corrected chi connectivity index (χ0v) is 92.1. The van der Waals surface area contributed by atoms with Gasteiger partial charge in [-0.05, 0) is 497 Å². The molecule has 21 unspecified atom stereocenters. The highest BCUT2D eigenvalue weighted by Gasteiger charge is 2.85. The van der Waals surface area contributed by atoms with E-state index in [-0.39, 0.29) is 71.9 Å². The van der Waals surface area contributed by atoms with E-state index in [1.165, 1.54) is 193 Å². The number of methoxy groups -OCH3 is 1. The van der Waals surface area contributed by atoms with E-state index in [9.17, 15) is 51.1 Å². The summed E-state index contributed by atoms with van der Waals surface area (Å²) in [4.78, 5) is 0. The molecule has 0 aromatic carbocycles. The molecule has 10 N–H and O–H groups in total. The van der Waals surface area contributed by atoms with Crippen LogP contribution in [0, 0.1) is 219 Å². The minimum atomic E-state index is -0.443. The Labute approximate surface area is 838 Å². The van der Waals surface area contributed by atoms with Crippen LogP contribution in [0.5, 0.6) is 0 Å². The summed E-state index contributed by atoms with van der Waals surface area (Å²) in [6.07, 6.45) is 63.7. The standard InChI is InChI=1S/C29H50O3.2C25H42O2.C24H40O2.C23H38O2/c1-18(2)8-7-9-24(30)19(3)21-10-11-22-20-16-25(32-6)29-17-28(29,31)15-14-27(29,5)23(20)12-13-26(21,22)4;1-15(2)23(27)16(3)20-8-9-21-19-7-6-17-14-18(26)10-12-24(17,4)22(19)11-13-25(20,21)5;1-5-6-23(27)16(2)20-9-10-21-19-8-7-17-15-18(26)11-13-24(17,3)22(19)12-14-25(20,21)4;1-5-22(26)15(2)19-8-9-20-18-7-6-16-14-17(25)10-12-23(16,3)21(18)11-13-24(19,20)4;1-14(15(2)24)19-7-8-20-18-6-5-16-13-17(25)9-11-22(16,3)21(18)10-12-23(19,20)4/h18-25,30-31H,7-17H2,1-6H3;6,15-16,18-23,26-27H,7-14H2,1-5H3;7,16,18-23,26-27H,5-6,8-15H2,1-4H3;6,15,17-22,25-26H,5,7-14H2,1-4H3;5,14-15,17-21,24-25H,6-13H2,1-4H3/t19-,20?,21?,22?,23?,24-,25+,26+,27+,28+,29?;2*16-,18-,19?,20?,21?,22?,23-,24-,25+;15-,17-,18?,19?,20?,21?,22-,23-,24+;14-,15+,17+,18?,19?,20?,21?,22+,23-/m00001/s1. The molecule has 11 heteroatoms. The van der Waals surface area contributed by atoms with Crippen LogP contribution in [0.15, 0.2) is 46.6 Å². The number of ether oxygens (including phenoxy) is 1. The number of aliphatic hydroxyl groups excluding tert-OH is 9. The van der Waals surface area contributed by atoms with Crippen molar-refractivity contribution in [2.45, 2.75) is 514 Å². The minimum absolute atomic E-state index is 0.0293. The molecule has 137 heavy (non-hydrogen) atoms. The van der Waals surface area contributed by atoms with Crippen molar-refractivity contribution in [3.05, 3.63) is 46.6 Å². The summed E-state index contributed by atoms with van der Waals surface area (Å²) in [5, 5.41) is 105. The summed E-state index contributed by atoms with van der Waals surface area (Å²) in [6, 6.07) is 0. The number of hydrogen-bond acceptors (Lipinski definition) is 11. The Morgan fingerprint density at radius 3 is 0.956 bits per heavy atom. The van der Waals surface area contributed by atoms with E-state index in [0.717, 1.165) is 197 Å². The minimum Gasteiger partial charge on any atom is -0.393 e. The molecule has 0 aliphatic heterocycles. The van der Waals surface area contributed by atoms with Crippen LogP contribution in [0.4, 0.5) is 0 Å². The van der Waals surface area contributed by atoms with E-state index in [2.05, 4.69) is 170 Å². The molecule has 0 aromatic rings. The van der Waals surface area contributed by atoms with Crippen LogP contribution in [0.1, 0.15) is 448 Å². The van der Waals surface area contributed by atoms with Gasteiger partial charge in [0.1, 0.15) is 0 Å². The molecule has 47 atom stereocenters. The molecule has 21 aliphatic carbocycles. The number of fused-ring (bicyclic) bond motifs is 24. The first kappa shape index (κ1) is 107. The third-order valence-electron chi connectivity index (χ3n) is 51.9. The molecule has 0 bridgehead atoms. The lowest BCUT2D eigenvalue weighted by atomic mass is 9.45. The van der Waals surface area contributed by atoms with Gasteiger partial charge in [0.25, 0.3) is 0 Å². The van der Waals surface area contributed by atoms with Gasteiger partial charge in [0.2, 0.25) is 0 Å². The number of allylic oxidation sites excluding steroid dienone is 4. The molecule has 21 rings (SSSR count). The lowest BCUT2D eigenvalue weighted by Crippen LogP contribution is -2.58. The normalized spacial score (nSPS) is 50.7. The smallest absolute Gasteiger partial charge is 0.0742 e. The van der Waals surface area contributed by atoms with Crippen LogP contribution in [-0.2, 0) is 4.74 Å². The van der Waals surface area contributed by atoms with E-state index in [1.807, 2.05) is 14.0 Å². The van der Waals surface area contributed by atoms with E-state index in [1.54, 1.807) is 22.3 Å². The fraction of sp³-hybridized carbons (Fsp3) is 0.937. The Balaban J connectivity index is 0.000000119. The van der Waals surface area contributed by atoms with Gasteiger partial charge in [-0.25, -0.2) is 0 Å². The van der Waals surface area contributed by atoms with E-state index >= 15 is 0 Å². The van der Waals surface area contributed by atoms with Crippen molar-refractivity contribution in [2.24, 2.45) is 219 Å². The van der Waals surface area contributed by atoms with Crippen LogP contribution in [0.25, 0.3) is 0 Å². The van der Waals surface area contributed by atoms with Crippen molar-refractivity contribution < 1.29 is 55.8 Å². The highest BCUT2D eigenvalue weighted by molar-refractivity contribution is 5.35. The summed E-state index contributed by atoms with van der Waals surface area (Å²) < 4.78 is 6.19. The second kappa shape index (κ2) is 40.1. The highest BCUT2D eigenvalue weighted by atomic mass is 16.5. The quantitative estimate of drug-likeness (QED) is 0.0550. The van der Waals surface area contributed by atoms with Crippen molar-refractivity contribution in [1.82, 2.24) is 0 Å². The molecule has 17 saturated carbocycles. The van der Waals surface area contributed by atoms with E-state index < -0.39 is 5.60 Å². The zero-order chi connectivity index (χ0) is 98.7. The van der Waals surface area contributed by atoms with Crippen molar-refractivity contribution in [1.29, 1.82) is 0 Å². The van der Waals surface area contributed by atoms with Gasteiger partial charge in [0, 0.05) is 12.5 Å². The van der Waals surface area contributed by atoms with Gasteiger partial charge in [-0.3, -0.25) is 0 Å². The predicted molar refractivity (Wildman–Crippen MR) is 560 cm³/mol. The van der Waals surface area contributed by atoms with Crippen LogP contribution >= 0.6 is 0 Å². The number of rotatable bonds is 19. The van der Waals surface area contributed by atoms with Gasteiger partial charge in [0.15, 0.2) is 0 Å².